The average molecular weight is 667 g/mol. The van der Waals surface area contributed by atoms with Crippen LogP contribution in [0.25, 0.3) is 97.4 Å². The lowest BCUT2D eigenvalue weighted by Gasteiger charge is -2.11. The molecule has 0 spiro atoms. The molecular weight excluding hydrogens is 637 g/mol. The molecule has 8 aromatic carbocycles. The van der Waals surface area contributed by atoms with E-state index in [2.05, 4.69) is 191 Å². The van der Waals surface area contributed by atoms with Gasteiger partial charge >= 0.3 is 0 Å². The fraction of sp³-hybridized carbons (Fsp3) is 0. The number of hydrogen-bond donors (Lipinski definition) is 0. The van der Waals surface area contributed by atoms with E-state index in [1.807, 2.05) is 11.3 Å². The zero-order chi connectivity index (χ0) is 33.5. The number of nitrogens with zero attached hydrogens (tertiary/aromatic N) is 2. The molecule has 0 fully saturated rings. The highest BCUT2D eigenvalue weighted by Crippen LogP contribution is 2.43. The van der Waals surface area contributed by atoms with E-state index in [-0.39, 0.29) is 0 Å². The fourth-order valence-electron chi connectivity index (χ4n) is 8.24. The summed E-state index contributed by atoms with van der Waals surface area (Å²) in [6.45, 7) is 0. The Morgan fingerprint density at radius 2 is 0.804 bits per heavy atom. The highest BCUT2D eigenvalue weighted by molar-refractivity contribution is 7.25. The van der Waals surface area contributed by atoms with Crippen LogP contribution in [-0.4, -0.2) is 9.13 Å². The van der Waals surface area contributed by atoms with Gasteiger partial charge in [0.05, 0.1) is 22.1 Å². The maximum atomic E-state index is 2.46. The van der Waals surface area contributed by atoms with Gasteiger partial charge in [-0.05, 0) is 82.9 Å². The van der Waals surface area contributed by atoms with Gasteiger partial charge in [0.25, 0.3) is 0 Å². The Labute approximate surface area is 298 Å². The summed E-state index contributed by atoms with van der Waals surface area (Å²) in [6, 6.07) is 66.6. The molecule has 0 radical (unpaired) electrons. The summed E-state index contributed by atoms with van der Waals surface area (Å²) < 4.78 is 7.53. The first-order valence-corrected chi connectivity index (χ1v) is 18.3. The Balaban J connectivity index is 1.11. The van der Waals surface area contributed by atoms with Crippen molar-refractivity contribution >= 4 is 75.1 Å². The lowest BCUT2D eigenvalue weighted by atomic mass is 9.99. The lowest BCUT2D eigenvalue weighted by Crippen LogP contribution is -1.95. The van der Waals surface area contributed by atoms with Gasteiger partial charge in [0.2, 0.25) is 0 Å². The van der Waals surface area contributed by atoms with Crippen molar-refractivity contribution in [2.45, 2.75) is 0 Å². The number of rotatable bonds is 4. The van der Waals surface area contributed by atoms with Gasteiger partial charge in [-0.25, -0.2) is 0 Å². The van der Waals surface area contributed by atoms with E-state index in [9.17, 15) is 0 Å². The maximum absolute atomic E-state index is 2.46. The molecule has 3 heterocycles. The molecule has 0 amide bonds. The average Bonchev–Trinajstić information content (AvgIpc) is 3.85. The standard InChI is InChI=1S/C48H30N2S/c1-2-11-31(12-3-1)33-13-10-14-34(29-33)32-21-23-35(24-22-32)49-41-18-7-4-16-39(41)47-43(49)27-28-44-48(47)40-17-5-8-19-42(40)50(44)36-25-26-38-37-15-6-9-20-45(37)51-46(38)30-36/h1-30H. The third kappa shape index (κ3) is 4.29. The molecule has 0 aliphatic heterocycles. The van der Waals surface area contributed by atoms with Crippen LogP contribution in [0.1, 0.15) is 0 Å². The first-order valence-electron chi connectivity index (χ1n) is 17.4. The Bertz CT molecular complexity index is 3120. The van der Waals surface area contributed by atoms with Crippen LogP contribution >= 0.6 is 11.3 Å². The second-order valence-corrected chi connectivity index (χ2v) is 14.4. The van der Waals surface area contributed by atoms with E-state index in [0.29, 0.717) is 0 Å². The topological polar surface area (TPSA) is 9.86 Å². The molecule has 0 N–H and O–H groups in total. The maximum Gasteiger partial charge on any atom is 0.0548 e. The second-order valence-electron chi connectivity index (χ2n) is 13.3. The first-order chi connectivity index (χ1) is 25.3. The molecule has 11 aromatic rings. The van der Waals surface area contributed by atoms with Crippen LogP contribution in [0.2, 0.25) is 0 Å². The molecule has 3 aromatic heterocycles. The summed E-state index contributed by atoms with van der Waals surface area (Å²) in [5.41, 5.74) is 12.1. The minimum atomic E-state index is 1.16. The van der Waals surface area contributed by atoms with Crippen LogP contribution in [0, 0.1) is 0 Å². The predicted octanol–water partition coefficient (Wildman–Crippen LogP) is 13.6. The summed E-state index contributed by atoms with van der Waals surface area (Å²) in [7, 11) is 0. The summed E-state index contributed by atoms with van der Waals surface area (Å²) in [6.07, 6.45) is 0. The van der Waals surface area contributed by atoms with E-state index in [0.717, 1.165) is 5.69 Å². The van der Waals surface area contributed by atoms with Gasteiger partial charge in [-0.3, -0.25) is 0 Å². The molecule has 11 rings (SSSR count). The highest BCUT2D eigenvalue weighted by atomic mass is 32.1. The van der Waals surface area contributed by atoms with E-state index < -0.39 is 0 Å². The van der Waals surface area contributed by atoms with Crippen molar-refractivity contribution in [1.82, 2.24) is 9.13 Å². The van der Waals surface area contributed by atoms with Crippen molar-refractivity contribution in [3.8, 4) is 33.6 Å². The summed E-state index contributed by atoms with van der Waals surface area (Å²) in [5.74, 6) is 0. The molecule has 0 atom stereocenters. The third-order valence-corrected chi connectivity index (χ3v) is 11.7. The third-order valence-electron chi connectivity index (χ3n) is 10.5. The molecule has 2 nitrogen and oxygen atoms in total. The van der Waals surface area contributed by atoms with Crippen LogP contribution in [0.5, 0.6) is 0 Å². The van der Waals surface area contributed by atoms with Crippen molar-refractivity contribution in [2.75, 3.05) is 0 Å². The summed E-state index contributed by atoms with van der Waals surface area (Å²) in [5, 5.41) is 7.77. The molecule has 238 valence electrons. The molecule has 0 unspecified atom stereocenters. The Kier molecular flexibility index (Phi) is 6.16. The van der Waals surface area contributed by atoms with Crippen LogP contribution in [-0.2, 0) is 0 Å². The minimum absolute atomic E-state index is 1.16. The number of benzene rings is 8. The van der Waals surface area contributed by atoms with Crippen molar-refractivity contribution in [1.29, 1.82) is 0 Å². The van der Waals surface area contributed by atoms with Crippen LogP contribution < -0.4 is 0 Å². The number of para-hydroxylation sites is 2. The Morgan fingerprint density at radius 3 is 1.49 bits per heavy atom. The first kappa shape index (κ1) is 28.4. The zero-order valence-electron chi connectivity index (χ0n) is 27.6. The largest absolute Gasteiger partial charge is 0.309 e. The number of aromatic nitrogens is 2. The van der Waals surface area contributed by atoms with Gasteiger partial charge in [0, 0.05) is 53.1 Å². The summed E-state index contributed by atoms with van der Waals surface area (Å²) in [4.78, 5) is 0. The van der Waals surface area contributed by atoms with Gasteiger partial charge in [-0.2, -0.15) is 0 Å². The lowest BCUT2D eigenvalue weighted by molar-refractivity contribution is 1.17. The smallest absolute Gasteiger partial charge is 0.0548 e. The van der Waals surface area contributed by atoms with Gasteiger partial charge in [-0.1, -0.05) is 121 Å². The number of thiophene rings is 1. The van der Waals surface area contributed by atoms with E-state index in [4.69, 9.17) is 0 Å². The van der Waals surface area contributed by atoms with Crippen LogP contribution in [0.15, 0.2) is 182 Å². The monoisotopic (exact) mass is 666 g/mol. The van der Waals surface area contributed by atoms with Gasteiger partial charge in [0.1, 0.15) is 0 Å². The molecule has 3 heteroatoms. The molecule has 0 saturated heterocycles. The van der Waals surface area contributed by atoms with Gasteiger partial charge in [0.15, 0.2) is 0 Å². The highest BCUT2D eigenvalue weighted by Gasteiger charge is 2.21. The molecular formula is C48H30N2S. The van der Waals surface area contributed by atoms with Crippen LogP contribution in [0.3, 0.4) is 0 Å². The molecule has 0 bridgehead atoms. The molecule has 0 saturated carbocycles. The van der Waals surface area contributed by atoms with E-state index in [1.165, 1.54) is 91.7 Å². The predicted molar refractivity (Wildman–Crippen MR) is 219 cm³/mol. The Morgan fingerprint density at radius 1 is 0.294 bits per heavy atom. The van der Waals surface area contributed by atoms with Crippen molar-refractivity contribution in [3.05, 3.63) is 182 Å². The number of hydrogen-bond acceptors (Lipinski definition) is 1. The molecule has 0 aliphatic carbocycles. The van der Waals surface area contributed by atoms with E-state index >= 15 is 0 Å². The minimum Gasteiger partial charge on any atom is -0.309 e. The molecule has 51 heavy (non-hydrogen) atoms. The van der Waals surface area contributed by atoms with Gasteiger partial charge < -0.3 is 9.13 Å². The van der Waals surface area contributed by atoms with Crippen molar-refractivity contribution in [3.63, 3.8) is 0 Å². The van der Waals surface area contributed by atoms with Gasteiger partial charge in [-0.15, -0.1) is 11.3 Å². The van der Waals surface area contributed by atoms with Crippen molar-refractivity contribution < 1.29 is 0 Å². The normalized spacial score (nSPS) is 11.9. The molecule has 0 aliphatic rings. The second kappa shape index (κ2) is 11.0. The zero-order valence-corrected chi connectivity index (χ0v) is 28.4. The fourth-order valence-corrected chi connectivity index (χ4v) is 9.38. The Hall–Kier alpha value is -6.42. The van der Waals surface area contributed by atoms with Crippen LogP contribution in [0.4, 0.5) is 0 Å². The number of fused-ring (bicyclic) bond motifs is 10. The van der Waals surface area contributed by atoms with Crippen molar-refractivity contribution in [2.24, 2.45) is 0 Å². The summed E-state index contributed by atoms with van der Waals surface area (Å²) >= 11 is 1.87. The quantitative estimate of drug-likeness (QED) is 0.177. The van der Waals surface area contributed by atoms with E-state index in [1.54, 1.807) is 0 Å². The SMILES string of the molecule is c1ccc(-c2cccc(-c3ccc(-n4c5ccccc5c5c6c7ccccc7n(-c7ccc8c(c7)sc7ccccc78)c6ccc54)cc3)c2)cc1.